The van der Waals surface area contributed by atoms with E-state index in [1.807, 2.05) is 6.20 Å². The van der Waals surface area contributed by atoms with E-state index in [2.05, 4.69) is 23.3 Å². The predicted octanol–water partition coefficient (Wildman–Crippen LogP) is 2.37. The van der Waals surface area contributed by atoms with Crippen LogP contribution in [0, 0.1) is 0 Å². The number of aromatic nitrogens is 1. The molecule has 1 aromatic rings. The van der Waals surface area contributed by atoms with Crippen LogP contribution in [-0.4, -0.2) is 18.1 Å². The van der Waals surface area contributed by atoms with Gasteiger partial charge in [0.2, 0.25) is 0 Å². The van der Waals surface area contributed by atoms with Crippen LogP contribution >= 0.6 is 11.6 Å². The molecule has 1 aromatic heterocycles. The summed E-state index contributed by atoms with van der Waals surface area (Å²) in [4.78, 5) is 4.13. The topological polar surface area (TPSA) is 24.9 Å². The smallest absolute Gasteiger partial charge is 0.132 e. The minimum absolute atomic E-state index is 0.630. The van der Waals surface area contributed by atoms with Crippen molar-refractivity contribution >= 4 is 11.6 Å². The Morgan fingerprint density at radius 3 is 3.14 bits per heavy atom. The van der Waals surface area contributed by atoms with Gasteiger partial charge in [0.25, 0.3) is 0 Å². The van der Waals surface area contributed by atoms with Crippen molar-refractivity contribution in [3.05, 3.63) is 28.5 Å². The second-order valence-electron chi connectivity index (χ2n) is 3.71. The zero-order chi connectivity index (χ0) is 9.97. The van der Waals surface area contributed by atoms with Crippen LogP contribution in [0.4, 0.5) is 0 Å². The van der Waals surface area contributed by atoms with Gasteiger partial charge in [-0.2, -0.15) is 0 Å². The monoisotopic (exact) mass is 210 g/mol. The molecule has 0 aromatic carbocycles. The maximum atomic E-state index is 6.08. The molecule has 0 aliphatic carbocycles. The molecule has 0 radical (unpaired) electrons. The lowest BCUT2D eigenvalue weighted by Gasteiger charge is -2.14. The Kier molecular flexibility index (Phi) is 3.04. The molecule has 1 aliphatic rings. The van der Waals surface area contributed by atoms with E-state index in [1.54, 1.807) is 0 Å². The van der Waals surface area contributed by atoms with E-state index in [4.69, 9.17) is 11.6 Å². The number of halogens is 1. The van der Waals surface area contributed by atoms with Crippen LogP contribution < -0.4 is 5.32 Å². The first-order valence-corrected chi connectivity index (χ1v) is 5.54. The molecule has 3 heteroatoms. The van der Waals surface area contributed by atoms with Crippen molar-refractivity contribution in [1.29, 1.82) is 0 Å². The van der Waals surface area contributed by atoms with Crippen molar-refractivity contribution in [2.45, 2.75) is 25.7 Å². The van der Waals surface area contributed by atoms with Crippen molar-refractivity contribution < 1.29 is 0 Å². The molecule has 1 saturated heterocycles. The average Bonchev–Trinajstić information content (AvgIpc) is 2.70. The number of hydrogen-bond acceptors (Lipinski definition) is 2. The fourth-order valence-electron chi connectivity index (χ4n) is 2.13. The Morgan fingerprint density at radius 1 is 1.64 bits per heavy atom. The number of nitrogens with one attached hydrogen (secondary N) is 1. The van der Waals surface area contributed by atoms with Crippen LogP contribution in [0.15, 0.2) is 12.3 Å². The summed E-state index contributed by atoms with van der Waals surface area (Å²) in [7, 11) is 0. The van der Waals surface area contributed by atoms with Crippen molar-refractivity contribution in [1.82, 2.24) is 10.3 Å². The Hall–Kier alpha value is -0.600. The van der Waals surface area contributed by atoms with E-state index in [0.717, 1.165) is 19.5 Å². The molecule has 1 aliphatic heterocycles. The summed E-state index contributed by atoms with van der Waals surface area (Å²) < 4.78 is 0. The molecule has 2 rings (SSSR count). The first kappa shape index (κ1) is 9.94. The van der Waals surface area contributed by atoms with Crippen LogP contribution in [0.25, 0.3) is 0 Å². The fourth-order valence-corrected chi connectivity index (χ4v) is 2.43. The van der Waals surface area contributed by atoms with Gasteiger partial charge in [-0.3, -0.25) is 0 Å². The molecular weight excluding hydrogens is 196 g/mol. The zero-order valence-electron chi connectivity index (χ0n) is 8.39. The Bertz CT molecular complexity index is 319. The van der Waals surface area contributed by atoms with E-state index in [1.165, 1.54) is 17.5 Å². The third-order valence-corrected chi connectivity index (χ3v) is 3.22. The van der Waals surface area contributed by atoms with Crippen LogP contribution in [-0.2, 0) is 6.42 Å². The molecule has 0 saturated carbocycles. The fraction of sp³-hybridized carbons (Fsp3) is 0.545. The summed E-state index contributed by atoms with van der Waals surface area (Å²) in [6.07, 6.45) is 4.00. The highest BCUT2D eigenvalue weighted by atomic mass is 35.5. The molecule has 1 N–H and O–H groups in total. The molecular formula is C11H15ClN2. The summed E-state index contributed by atoms with van der Waals surface area (Å²) >= 11 is 6.08. The lowest BCUT2D eigenvalue weighted by Crippen LogP contribution is -2.09. The minimum Gasteiger partial charge on any atom is -0.316 e. The van der Waals surface area contributed by atoms with Crippen LogP contribution in [0.1, 0.15) is 30.4 Å². The summed E-state index contributed by atoms with van der Waals surface area (Å²) in [6.45, 7) is 4.33. The Morgan fingerprint density at radius 2 is 2.50 bits per heavy atom. The normalized spacial score (nSPS) is 21.4. The van der Waals surface area contributed by atoms with E-state index in [9.17, 15) is 0 Å². The quantitative estimate of drug-likeness (QED) is 0.759. The molecule has 1 atom stereocenters. The van der Waals surface area contributed by atoms with Crippen molar-refractivity contribution in [3.63, 3.8) is 0 Å². The molecule has 2 nitrogen and oxygen atoms in total. The van der Waals surface area contributed by atoms with Gasteiger partial charge in [0.05, 0.1) is 0 Å². The van der Waals surface area contributed by atoms with E-state index >= 15 is 0 Å². The first-order chi connectivity index (χ1) is 6.83. The van der Waals surface area contributed by atoms with Gasteiger partial charge in [-0.1, -0.05) is 18.5 Å². The Balaban J connectivity index is 2.35. The third-order valence-electron chi connectivity index (χ3n) is 2.89. The maximum Gasteiger partial charge on any atom is 0.132 e. The van der Waals surface area contributed by atoms with Crippen molar-refractivity contribution in [2.24, 2.45) is 0 Å². The molecule has 1 unspecified atom stereocenters. The van der Waals surface area contributed by atoms with Crippen LogP contribution in [0.5, 0.6) is 0 Å². The van der Waals surface area contributed by atoms with Crippen molar-refractivity contribution in [3.8, 4) is 0 Å². The van der Waals surface area contributed by atoms with E-state index in [-0.39, 0.29) is 0 Å². The second kappa shape index (κ2) is 4.28. The molecule has 1 fully saturated rings. The number of hydrogen-bond donors (Lipinski definition) is 1. The van der Waals surface area contributed by atoms with Gasteiger partial charge >= 0.3 is 0 Å². The largest absolute Gasteiger partial charge is 0.316 e. The SMILES string of the molecule is CCc1c(C2CCNC2)ccnc1Cl. The number of rotatable bonds is 2. The molecule has 0 bridgehead atoms. The average molecular weight is 211 g/mol. The molecule has 14 heavy (non-hydrogen) atoms. The summed E-state index contributed by atoms with van der Waals surface area (Å²) in [5.41, 5.74) is 2.61. The Labute approximate surface area is 89.7 Å². The van der Waals surface area contributed by atoms with E-state index in [0.29, 0.717) is 11.1 Å². The lowest BCUT2D eigenvalue weighted by atomic mass is 9.94. The number of pyridine rings is 1. The highest BCUT2D eigenvalue weighted by molar-refractivity contribution is 6.30. The maximum absolute atomic E-state index is 6.08. The summed E-state index contributed by atoms with van der Waals surface area (Å²) in [5.74, 6) is 0.630. The molecule has 0 spiro atoms. The standard InChI is InChI=1S/C11H15ClN2/c1-2-9-10(4-6-14-11(9)12)8-3-5-13-7-8/h4,6,8,13H,2-3,5,7H2,1H3. The molecule has 76 valence electrons. The number of nitrogens with zero attached hydrogens (tertiary/aromatic N) is 1. The van der Waals surface area contributed by atoms with Gasteiger partial charge in [0.1, 0.15) is 5.15 Å². The third kappa shape index (κ3) is 1.77. The first-order valence-electron chi connectivity index (χ1n) is 5.17. The minimum atomic E-state index is 0.630. The highest BCUT2D eigenvalue weighted by Gasteiger charge is 2.20. The van der Waals surface area contributed by atoms with Gasteiger partial charge in [-0.15, -0.1) is 0 Å². The lowest BCUT2D eigenvalue weighted by molar-refractivity contribution is 0.749. The highest BCUT2D eigenvalue weighted by Crippen LogP contribution is 2.28. The van der Waals surface area contributed by atoms with Crippen LogP contribution in [0.3, 0.4) is 0 Å². The van der Waals surface area contributed by atoms with Crippen LogP contribution in [0.2, 0.25) is 5.15 Å². The van der Waals surface area contributed by atoms with E-state index < -0.39 is 0 Å². The zero-order valence-corrected chi connectivity index (χ0v) is 9.14. The molecule has 2 heterocycles. The van der Waals surface area contributed by atoms with Gasteiger partial charge in [-0.25, -0.2) is 4.98 Å². The van der Waals surface area contributed by atoms with Gasteiger partial charge in [0, 0.05) is 12.7 Å². The van der Waals surface area contributed by atoms with Crippen molar-refractivity contribution in [2.75, 3.05) is 13.1 Å². The predicted molar refractivity (Wildman–Crippen MR) is 58.9 cm³/mol. The molecule has 0 amide bonds. The van der Waals surface area contributed by atoms with Gasteiger partial charge < -0.3 is 5.32 Å². The van der Waals surface area contributed by atoms with Gasteiger partial charge in [-0.05, 0) is 42.5 Å². The summed E-state index contributed by atoms with van der Waals surface area (Å²) in [6, 6.07) is 2.11. The summed E-state index contributed by atoms with van der Waals surface area (Å²) in [5, 5.41) is 4.06. The second-order valence-corrected chi connectivity index (χ2v) is 4.07. The van der Waals surface area contributed by atoms with Gasteiger partial charge in [0.15, 0.2) is 0 Å².